The molecule has 1 aromatic carbocycles. The Hall–Kier alpha value is -1.35. The first-order valence-electron chi connectivity index (χ1n) is 6.55. The topological polar surface area (TPSA) is 49.3 Å². The summed E-state index contributed by atoms with van der Waals surface area (Å²) in [6, 6.07) is 7.57. The molecule has 1 rings (SSSR count). The summed E-state index contributed by atoms with van der Waals surface area (Å²) < 4.78 is 0. The normalized spacial score (nSPS) is 12.7. The van der Waals surface area contributed by atoms with E-state index in [2.05, 4.69) is 26.1 Å². The first-order valence-corrected chi connectivity index (χ1v) is 6.55. The Bertz CT molecular complexity index is 388. The van der Waals surface area contributed by atoms with Gasteiger partial charge < -0.3 is 10.4 Å². The molecule has 0 aliphatic heterocycles. The molecule has 1 atom stereocenters. The van der Waals surface area contributed by atoms with E-state index in [1.165, 1.54) is 6.42 Å². The Morgan fingerprint density at radius 1 is 1.22 bits per heavy atom. The number of hydrogen-bond donors (Lipinski definition) is 2. The van der Waals surface area contributed by atoms with E-state index in [-0.39, 0.29) is 0 Å². The molecular weight excluding hydrogens is 226 g/mol. The minimum atomic E-state index is -0.859. The zero-order valence-electron chi connectivity index (χ0n) is 11.4. The fourth-order valence-electron chi connectivity index (χ4n) is 1.85. The zero-order chi connectivity index (χ0) is 13.5. The highest BCUT2D eigenvalue weighted by Crippen LogP contribution is 2.10. The third kappa shape index (κ3) is 4.88. The molecule has 1 aromatic rings. The second-order valence-corrected chi connectivity index (χ2v) is 5.22. The van der Waals surface area contributed by atoms with Gasteiger partial charge in [-0.05, 0) is 37.3 Å². The van der Waals surface area contributed by atoms with E-state index in [9.17, 15) is 4.79 Å². The molecule has 18 heavy (non-hydrogen) atoms. The van der Waals surface area contributed by atoms with E-state index >= 15 is 0 Å². The van der Waals surface area contributed by atoms with Crippen LogP contribution in [0.3, 0.4) is 0 Å². The highest BCUT2D eigenvalue weighted by molar-refractivity contribution is 5.89. The molecule has 0 fully saturated rings. The van der Waals surface area contributed by atoms with Crippen LogP contribution in [0.4, 0.5) is 0 Å². The lowest BCUT2D eigenvalue weighted by atomic mass is 10.0. The van der Waals surface area contributed by atoms with E-state index in [0.29, 0.717) is 24.1 Å². The van der Waals surface area contributed by atoms with Crippen molar-refractivity contribution >= 4 is 5.97 Å². The Labute approximate surface area is 109 Å². The van der Waals surface area contributed by atoms with Crippen LogP contribution in [0.5, 0.6) is 0 Å². The Balaban J connectivity index is 2.50. The Kier molecular flexibility index (Phi) is 5.86. The summed E-state index contributed by atoms with van der Waals surface area (Å²) in [6.45, 7) is 7.19. The van der Waals surface area contributed by atoms with Crippen molar-refractivity contribution in [1.82, 2.24) is 5.32 Å². The lowest BCUT2D eigenvalue weighted by Crippen LogP contribution is -2.26. The predicted octanol–water partition coefficient (Wildman–Crippen LogP) is 3.30. The number of carboxylic acid groups (broad SMARTS) is 1. The molecule has 0 spiro atoms. The van der Waals surface area contributed by atoms with Crippen LogP contribution in [0, 0.1) is 5.92 Å². The van der Waals surface area contributed by atoms with Gasteiger partial charge in [-0.2, -0.15) is 0 Å². The van der Waals surface area contributed by atoms with Crippen LogP contribution in [-0.4, -0.2) is 17.1 Å². The number of nitrogens with one attached hydrogen (secondary N) is 1. The van der Waals surface area contributed by atoms with Gasteiger partial charge in [0.05, 0.1) is 5.56 Å². The number of carboxylic acids is 1. The first-order chi connectivity index (χ1) is 8.50. The highest BCUT2D eigenvalue weighted by atomic mass is 16.4. The summed E-state index contributed by atoms with van der Waals surface area (Å²) in [5, 5.41) is 12.5. The van der Waals surface area contributed by atoms with Crippen molar-refractivity contribution in [2.45, 2.75) is 46.2 Å². The Morgan fingerprint density at radius 3 is 2.50 bits per heavy atom. The molecule has 0 aliphatic carbocycles. The summed E-state index contributed by atoms with van der Waals surface area (Å²) in [4.78, 5) is 11.1. The number of hydrogen-bond acceptors (Lipinski definition) is 2. The average molecular weight is 249 g/mol. The fraction of sp³-hybridized carbons (Fsp3) is 0.533. The molecule has 0 heterocycles. The van der Waals surface area contributed by atoms with Gasteiger partial charge in [0, 0.05) is 12.6 Å². The third-order valence-electron chi connectivity index (χ3n) is 3.07. The van der Waals surface area contributed by atoms with Crippen molar-refractivity contribution in [2.24, 2.45) is 5.92 Å². The Morgan fingerprint density at radius 2 is 1.89 bits per heavy atom. The second kappa shape index (κ2) is 7.17. The SMILES string of the molecule is CC(C)CCC(C)NCc1ccccc1C(=O)O. The van der Waals surface area contributed by atoms with Crippen molar-refractivity contribution in [2.75, 3.05) is 0 Å². The van der Waals surface area contributed by atoms with Gasteiger partial charge in [-0.25, -0.2) is 4.79 Å². The lowest BCUT2D eigenvalue weighted by molar-refractivity contribution is 0.0695. The number of rotatable bonds is 7. The fourth-order valence-corrected chi connectivity index (χ4v) is 1.85. The second-order valence-electron chi connectivity index (χ2n) is 5.22. The number of aromatic carboxylic acids is 1. The zero-order valence-corrected chi connectivity index (χ0v) is 11.4. The summed E-state index contributed by atoms with van der Waals surface area (Å²) in [5.41, 5.74) is 1.24. The minimum Gasteiger partial charge on any atom is -0.478 e. The van der Waals surface area contributed by atoms with Crippen LogP contribution in [0.15, 0.2) is 24.3 Å². The summed E-state index contributed by atoms with van der Waals surface area (Å²) in [7, 11) is 0. The number of benzene rings is 1. The van der Waals surface area contributed by atoms with Crippen LogP contribution in [0.1, 0.15) is 49.5 Å². The van der Waals surface area contributed by atoms with Gasteiger partial charge in [0.1, 0.15) is 0 Å². The molecule has 0 amide bonds. The van der Waals surface area contributed by atoms with Gasteiger partial charge in [0.15, 0.2) is 0 Å². The first kappa shape index (κ1) is 14.7. The molecule has 0 saturated heterocycles. The van der Waals surface area contributed by atoms with Gasteiger partial charge in [-0.3, -0.25) is 0 Å². The standard InChI is InChI=1S/C15H23NO2/c1-11(2)8-9-12(3)16-10-13-6-4-5-7-14(13)15(17)18/h4-7,11-12,16H,8-10H2,1-3H3,(H,17,18). The lowest BCUT2D eigenvalue weighted by Gasteiger charge is -2.15. The van der Waals surface area contributed by atoms with E-state index < -0.39 is 5.97 Å². The quantitative estimate of drug-likeness (QED) is 0.779. The predicted molar refractivity (Wildman–Crippen MR) is 73.8 cm³/mol. The monoisotopic (exact) mass is 249 g/mol. The molecule has 100 valence electrons. The van der Waals surface area contributed by atoms with Crippen molar-refractivity contribution in [3.05, 3.63) is 35.4 Å². The van der Waals surface area contributed by atoms with E-state index in [0.717, 1.165) is 12.0 Å². The summed E-state index contributed by atoms with van der Waals surface area (Å²) in [5.74, 6) is -0.150. The summed E-state index contributed by atoms with van der Waals surface area (Å²) in [6.07, 6.45) is 2.31. The molecule has 0 aliphatic rings. The van der Waals surface area contributed by atoms with Crippen LogP contribution >= 0.6 is 0 Å². The molecule has 0 bridgehead atoms. The van der Waals surface area contributed by atoms with Crippen LogP contribution in [0.2, 0.25) is 0 Å². The molecule has 1 unspecified atom stereocenters. The van der Waals surface area contributed by atoms with Crippen molar-refractivity contribution in [1.29, 1.82) is 0 Å². The van der Waals surface area contributed by atoms with Gasteiger partial charge >= 0.3 is 5.97 Å². The molecule has 0 radical (unpaired) electrons. The molecule has 2 N–H and O–H groups in total. The maximum atomic E-state index is 11.1. The van der Waals surface area contributed by atoms with Crippen molar-refractivity contribution in [3.8, 4) is 0 Å². The molecule has 3 heteroatoms. The highest BCUT2D eigenvalue weighted by Gasteiger charge is 2.10. The van der Waals surface area contributed by atoms with Gasteiger partial charge in [0.25, 0.3) is 0 Å². The largest absolute Gasteiger partial charge is 0.478 e. The van der Waals surface area contributed by atoms with Crippen LogP contribution in [0.25, 0.3) is 0 Å². The summed E-state index contributed by atoms with van der Waals surface area (Å²) >= 11 is 0. The average Bonchev–Trinajstić information content (AvgIpc) is 2.34. The van der Waals surface area contributed by atoms with E-state index in [4.69, 9.17) is 5.11 Å². The maximum Gasteiger partial charge on any atom is 0.336 e. The minimum absolute atomic E-state index is 0.390. The molecule has 0 aromatic heterocycles. The van der Waals surface area contributed by atoms with Crippen molar-refractivity contribution in [3.63, 3.8) is 0 Å². The van der Waals surface area contributed by atoms with Crippen LogP contribution < -0.4 is 5.32 Å². The third-order valence-corrected chi connectivity index (χ3v) is 3.07. The number of carbonyl (C=O) groups is 1. The molecular formula is C15H23NO2. The van der Waals surface area contributed by atoms with Crippen molar-refractivity contribution < 1.29 is 9.90 Å². The van der Waals surface area contributed by atoms with E-state index in [1.807, 2.05) is 12.1 Å². The smallest absolute Gasteiger partial charge is 0.336 e. The van der Waals surface area contributed by atoms with Gasteiger partial charge in [-0.1, -0.05) is 32.0 Å². The van der Waals surface area contributed by atoms with Gasteiger partial charge in [0.2, 0.25) is 0 Å². The van der Waals surface area contributed by atoms with E-state index in [1.54, 1.807) is 12.1 Å². The van der Waals surface area contributed by atoms with Crippen LogP contribution in [-0.2, 0) is 6.54 Å². The maximum absolute atomic E-state index is 11.1. The van der Waals surface area contributed by atoms with Gasteiger partial charge in [-0.15, -0.1) is 0 Å². The molecule has 0 saturated carbocycles. The molecule has 3 nitrogen and oxygen atoms in total.